The van der Waals surface area contributed by atoms with Crippen LogP contribution in [0.25, 0.3) is 10.9 Å². The number of H-pyrrole nitrogens is 1. The van der Waals surface area contributed by atoms with Gasteiger partial charge in [0, 0.05) is 16.6 Å². The van der Waals surface area contributed by atoms with Crippen LogP contribution in [0.5, 0.6) is 0 Å². The molecule has 2 aromatic rings. The van der Waals surface area contributed by atoms with Crippen molar-refractivity contribution in [2.45, 2.75) is 39.0 Å². The third kappa shape index (κ3) is 1.59. The second kappa shape index (κ2) is 4.02. The number of aryl methyl sites for hydroxylation is 2. The van der Waals surface area contributed by atoms with E-state index in [4.69, 9.17) is 0 Å². The smallest absolute Gasteiger partial charge is 0.192 e. The van der Waals surface area contributed by atoms with E-state index in [-0.39, 0.29) is 5.43 Å². The molecular formula is C15H17NO. The molecule has 2 nitrogen and oxygen atoms in total. The molecule has 0 radical (unpaired) electrons. The van der Waals surface area contributed by atoms with Gasteiger partial charge < -0.3 is 4.98 Å². The number of aromatic amines is 1. The van der Waals surface area contributed by atoms with E-state index >= 15 is 0 Å². The molecule has 1 aliphatic carbocycles. The highest BCUT2D eigenvalue weighted by Gasteiger charge is 2.17. The molecule has 0 spiro atoms. The molecule has 0 unspecified atom stereocenters. The van der Waals surface area contributed by atoms with Crippen LogP contribution in [0.3, 0.4) is 0 Å². The number of aromatic nitrogens is 1. The normalized spacial score (nSPS) is 14.2. The molecule has 1 aromatic carbocycles. The number of rotatable bonds is 2. The van der Waals surface area contributed by atoms with Crippen molar-refractivity contribution < 1.29 is 0 Å². The predicted molar refractivity (Wildman–Crippen MR) is 70.6 cm³/mol. The molecule has 3 rings (SSSR count). The number of hydrogen-bond acceptors (Lipinski definition) is 1. The highest BCUT2D eigenvalue weighted by molar-refractivity contribution is 5.82. The quantitative estimate of drug-likeness (QED) is 0.840. The molecule has 1 aromatic heterocycles. The average molecular weight is 227 g/mol. The Balaban J connectivity index is 2.35. The third-order valence-electron chi connectivity index (χ3n) is 3.68. The molecule has 0 aliphatic heterocycles. The van der Waals surface area contributed by atoms with E-state index < -0.39 is 0 Å². The number of para-hydroxylation sites is 1. The minimum absolute atomic E-state index is 0.254. The Labute approximate surface area is 101 Å². The second-order valence-electron chi connectivity index (χ2n) is 4.85. The van der Waals surface area contributed by atoms with Gasteiger partial charge in [0.25, 0.3) is 0 Å². The summed E-state index contributed by atoms with van der Waals surface area (Å²) in [5.41, 5.74) is 4.79. The number of fused-ring (bicyclic) bond motifs is 2. The van der Waals surface area contributed by atoms with Crippen LogP contribution in [0.4, 0.5) is 0 Å². The van der Waals surface area contributed by atoms with Crippen molar-refractivity contribution in [3.8, 4) is 0 Å². The Morgan fingerprint density at radius 1 is 1.29 bits per heavy atom. The Hall–Kier alpha value is -1.57. The molecular weight excluding hydrogens is 210 g/mol. The van der Waals surface area contributed by atoms with Crippen molar-refractivity contribution in [1.29, 1.82) is 0 Å². The van der Waals surface area contributed by atoms with Crippen molar-refractivity contribution in [2.75, 3.05) is 0 Å². The summed E-state index contributed by atoms with van der Waals surface area (Å²) in [6.07, 6.45) is 5.23. The van der Waals surface area contributed by atoms with Crippen LogP contribution in [0, 0.1) is 0 Å². The van der Waals surface area contributed by atoms with Crippen molar-refractivity contribution in [3.05, 3.63) is 45.2 Å². The van der Waals surface area contributed by atoms with Crippen LogP contribution < -0.4 is 5.43 Å². The number of pyridine rings is 1. The van der Waals surface area contributed by atoms with Crippen molar-refractivity contribution in [3.63, 3.8) is 0 Å². The maximum atomic E-state index is 12.4. The van der Waals surface area contributed by atoms with Gasteiger partial charge in [-0.3, -0.25) is 4.79 Å². The Morgan fingerprint density at radius 3 is 3.00 bits per heavy atom. The second-order valence-corrected chi connectivity index (χ2v) is 4.85. The van der Waals surface area contributed by atoms with Gasteiger partial charge in [-0.05, 0) is 37.3 Å². The van der Waals surface area contributed by atoms with E-state index in [0.717, 1.165) is 48.6 Å². The summed E-state index contributed by atoms with van der Waals surface area (Å²) < 4.78 is 0. The first-order valence-electron chi connectivity index (χ1n) is 6.47. The first kappa shape index (κ1) is 10.6. The van der Waals surface area contributed by atoms with Crippen LogP contribution in [0.1, 0.15) is 36.6 Å². The van der Waals surface area contributed by atoms with E-state index in [1.807, 2.05) is 12.1 Å². The van der Waals surface area contributed by atoms with Crippen LogP contribution in [-0.4, -0.2) is 4.98 Å². The molecule has 0 amide bonds. The lowest BCUT2D eigenvalue weighted by atomic mass is 10.0. The van der Waals surface area contributed by atoms with Crippen LogP contribution in [0.2, 0.25) is 0 Å². The number of nitrogens with one attached hydrogen (secondary N) is 1. The molecule has 1 N–H and O–H groups in total. The van der Waals surface area contributed by atoms with Gasteiger partial charge in [0.2, 0.25) is 0 Å². The van der Waals surface area contributed by atoms with E-state index in [2.05, 4.69) is 18.0 Å². The summed E-state index contributed by atoms with van der Waals surface area (Å²) in [5.74, 6) is 0. The largest absolute Gasteiger partial charge is 0.358 e. The Kier molecular flexibility index (Phi) is 2.50. The van der Waals surface area contributed by atoms with Gasteiger partial charge in [-0.1, -0.05) is 25.5 Å². The molecule has 0 bridgehead atoms. The topological polar surface area (TPSA) is 32.9 Å². The van der Waals surface area contributed by atoms with Gasteiger partial charge in [-0.15, -0.1) is 0 Å². The van der Waals surface area contributed by atoms with Crippen molar-refractivity contribution in [1.82, 2.24) is 4.98 Å². The van der Waals surface area contributed by atoms with Gasteiger partial charge in [0.05, 0.1) is 5.52 Å². The molecule has 2 heteroatoms. The summed E-state index contributed by atoms with van der Waals surface area (Å²) in [6, 6.07) is 6.08. The summed E-state index contributed by atoms with van der Waals surface area (Å²) in [4.78, 5) is 15.9. The predicted octanol–water partition coefficient (Wildman–Crippen LogP) is 2.97. The van der Waals surface area contributed by atoms with Gasteiger partial charge >= 0.3 is 0 Å². The van der Waals surface area contributed by atoms with Gasteiger partial charge in [0.15, 0.2) is 5.43 Å². The number of benzene rings is 1. The fourth-order valence-electron chi connectivity index (χ4n) is 2.86. The van der Waals surface area contributed by atoms with Crippen LogP contribution >= 0.6 is 0 Å². The summed E-state index contributed by atoms with van der Waals surface area (Å²) in [5, 5.41) is 0.872. The molecule has 0 saturated heterocycles. The molecule has 1 aliphatic rings. The minimum atomic E-state index is 0.254. The van der Waals surface area contributed by atoms with Crippen LogP contribution in [0.15, 0.2) is 23.0 Å². The molecule has 88 valence electrons. The Morgan fingerprint density at radius 2 is 2.18 bits per heavy atom. The van der Waals surface area contributed by atoms with E-state index in [1.165, 1.54) is 11.3 Å². The zero-order valence-corrected chi connectivity index (χ0v) is 10.2. The van der Waals surface area contributed by atoms with Gasteiger partial charge in [-0.2, -0.15) is 0 Å². The van der Waals surface area contributed by atoms with Gasteiger partial charge in [0.1, 0.15) is 0 Å². The Bertz CT molecular complexity index is 625. The molecule has 0 fully saturated rings. The van der Waals surface area contributed by atoms with E-state index in [0.29, 0.717) is 0 Å². The van der Waals surface area contributed by atoms with Crippen molar-refractivity contribution in [2.24, 2.45) is 0 Å². The summed E-state index contributed by atoms with van der Waals surface area (Å²) in [7, 11) is 0. The van der Waals surface area contributed by atoms with Crippen molar-refractivity contribution >= 4 is 10.9 Å². The highest BCUT2D eigenvalue weighted by atomic mass is 16.1. The fourth-order valence-corrected chi connectivity index (χ4v) is 2.86. The van der Waals surface area contributed by atoms with E-state index in [1.54, 1.807) is 0 Å². The molecule has 1 heterocycles. The highest BCUT2D eigenvalue weighted by Crippen LogP contribution is 2.22. The minimum Gasteiger partial charge on any atom is -0.358 e. The lowest BCUT2D eigenvalue weighted by Gasteiger charge is -2.08. The average Bonchev–Trinajstić information content (AvgIpc) is 2.79. The maximum Gasteiger partial charge on any atom is 0.192 e. The first-order valence-corrected chi connectivity index (χ1v) is 6.47. The number of hydrogen-bond donors (Lipinski definition) is 1. The zero-order chi connectivity index (χ0) is 11.8. The third-order valence-corrected chi connectivity index (χ3v) is 3.68. The molecule has 0 atom stereocenters. The molecule has 0 saturated carbocycles. The summed E-state index contributed by atoms with van der Waals surface area (Å²) >= 11 is 0. The standard InChI is InChI=1S/C15H17NO/c1-2-5-10-6-3-8-12-14(10)16-13-9-4-7-11(13)15(12)17/h3,6,8H,2,4-5,7,9H2,1H3,(H,16,17). The monoisotopic (exact) mass is 227 g/mol. The van der Waals surface area contributed by atoms with Gasteiger partial charge in [-0.25, -0.2) is 0 Å². The van der Waals surface area contributed by atoms with E-state index in [9.17, 15) is 4.79 Å². The lowest BCUT2D eigenvalue weighted by Crippen LogP contribution is -2.11. The lowest BCUT2D eigenvalue weighted by molar-refractivity contribution is 0.898. The molecule has 17 heavy (non-hydrogen) atoms. The van der Waals surface area contributed by atoms with Crippen LogP contribution in [-0.2, 0) is 19.3 Å². The SMILES string of the molecule is CCCc1cccc2c(=O)c3c([nH]c12)CCC3. The first-order chi connectivity index (χ1) is 8.31. The fraction of sp³-hybridized carbons (Fsp3) is 0.400. The maximum absolute atomic E-state index is 12.4. The summed E-state index contributed by atoms with van der Waals surface area (Å²) in [6.45, 7) is 2.17. The zero-order valence-electron chi connectivity index (χ0n) is 10.2.